The van der Waals surface area contributed by atoms with Gasteiger partial charge in [0, 0.05) is 20.1 Å². The first-order valence-corrected chi connectivity index (χ1v) is 6.16. The van der Waals surface area contributed by atoms with Crippen LogP contribution in [0.25, 0.3) is 0 Å². The van der Waals surface area contributed by atoms with E-state index in [2.05, 4.69) is 0 Å². The molecule has 1 heterocycles. The van der Waals surface area contributed by atoms with Crippen LogP contribution >= 0.6 is 0 Å². The number of carboxylic acids is 1. The highest BCUT2D eigenvalue weighted by molar-refractivity contribution is 5.77. The topological polar surface area (TPSA) is 76.1 Å². The second kappa shape index (κ2) is 7.33. The van der Waals surface area contributed by atoms with E-state index in [0.717, 1.165) is 0 Å². The number of hydrogen-bond acceptors (Lipinski definition) is 4. The van der Waals surface area contributed by atoms with Crippen molar-refractivity contribution >= 4 is 11.9 Å². The van der Waals surface area contributed by atoms with Crippen molar-refractivity contribution in [3.63, 3.8) is 0 Å². The highest BCUT2D eigenvalue weighted by Crippen LogP contribution is 2.14. The van der Waals surface area contributed by atoms with Gasteiger partial charge in [-0.05, 0) is 13.3 Å². The highest BCUT2D eigenvalue weighted by atomic mass is 16.5. The molecule has 104 valence electrons. The number of amides is 1. The van der Waals surface area contributed by atoms with E-state index in [1.807, 2.05) is 6.92 Å². The Bertz CT molecular complexity index is 294. The monoisotopic (exact) mass is 259 g/mol. The average Bonchev–Trinajstić information content (AvgIpc) is 2.35. The van der Waals surface area contributed by atoms with Gasteiger partial charge >= 0.3 is 5.97 Å². The van der Waals surface area contributed by atoms with E-state index in [4.69, 9.17) is 14.6 Å². The molecule has 1 N–H and O–H groups in total. The molecule has 2 unspecified atom stereocenters. The molecule has 0 radical (unpaired) electrons. The van der Waals surface area contributed by atoms with Crippen molar-refractivity contribution in [2.45, 2.75) is 38.3 Å². The zero-order chi connectivity index (χ0) is 13.5. The van der Waals surface area contributed by atoms with Crippen LogP contribution in [0.1, 0.15) is 26.2 Å². The molecule has 1 fully saturated rings. The van der Waals surface area contributed by atoms with Crippen LogP contribution in [0.5, 0.6) is 0 Å². The van der Waals surface area contributed by atoms with E-state index in [1.54, 1.807) is 12.0 Å². The molecule has 6 nitrogen and oxygen atoms in total. The van der Waals surface area contributed by atoms with E-state index in [-0.39, 0.29) is 24.5 Å². The molecule has 1 saturated heterocycles. The van der Waals surface area contributed by atoms with Crippen LogP contribution in [-0.2, 0) is 19.1 Å². The summed E-state index contributed by atoms with van der Waals surface area (Å²) in [4.78, 5) is 24.4. The van der Waals surface area contributed by atoms with Crippen molar-refractivity contribution in [3.8, 4) is 0 Å². The summed E-state index contributed by atoms with van der Waals surface area (Å²) in [5, 5.41) is 8.81. The fraction of sp³-hybridized carbons (Fsp3) is 0.833. The normalized spacial score (nSPS) is 21.7. The second-order valence-corrected chi connectivity index (χ2v) is 4.50. The average molecular weight is 259 g/mol. The van der Waals surface area contributed by atoms with E-state index in [0.29, 0.717) is 32.6 Å². The molecule has 0 aromatic heterocycles. The Kier molecular flexibility index (Phi) is 6.07. The zero-order valence-electron chi connectivity index (χ0n) is 10.9. The molecule has 2 atom stereocenters. The number of morpholine rings is 1. The lowest BCUT2D eigenvalue weighted by atomic mass is 10.1. The van der Waals surface area contributed by atoms with Crippen molar-refractivity contribution in [2.75, 3.05) is 26.9 Å². The van der Waals surface area contributed by atoms with Crippen LogP contribution in [0.2, 0.25) is 0 Å². The molecule has 0 aromatic rings. The lowest BCUT2D eigenvalue weighted by Crippen LogP contribution is -2.49. The fourth-order valence-corrected chi connectivity index (χ4v) is 1.94. The quantitative estimate of drug-likeness (QED) is 0.752. The third kappa shape index (κ3) is 4.62. The molecular weight excluding hydrogens is 238 g/mol. The summed E-state index contributed by atoms with van der Waals surface area (Å²) in [6, 6.07) is -0.346. The molecule has 0 bridgehead atoms. The number of rotatable bonds is 6. The summed E-state index contributed by atoms with van der Waals surface area (Å²) >= 11 is 0. The SMILES string of the molecule is COC(C)CCC(=O)N1CCOCC1CC(=O)O. The molecule has 0 saturated carbocycles. The van der Waals surface area contributed by atoms with Crippen molar-refractivity contribution in [2.24, 2.45) is 0 Å². The van der Waals surface area contributed by atoms with Gasteiger partial charge in [-0.2, -0.15) is 0 Å². The fourth-order valence-electron chi connectivity index (χ4n) is 1.94. The molecule has 1 aliphatic heterocycles. The van der Waals surface area contributed by atoms with Crippen LogP contribution in [0.3, 0.4) is 0 Å². The molecule has 0 aromatic carbocycles. The number of nitrogens with zero attached hydrogens (tertiary/aromatic N) is 1. The van der Waals surface area contributed by atoms with Crippen LogP contribution < -0.4 is 0 Å². The number of aliphatic carboxylic acids is 1. The molecule has 0 spiro atoms. The van der Waals surface area contributed by atoms with Crippen LogP contribution in [0, 0.1) is 0 Å². The Morgan fingerprint density at radius 1 is 1.56 bits per heavy atom. The van der Waals surface area contributed by atoms with Gasteiger partial charge in [0.15, 0.2) is 0 Å². The summed E-state index contributed by atoms with van der Waals surface area (Å²) in [6.45, 7) is 3.15. The molecule has 6 heteroatoms. The number of ether oxygens (including phenoxy) is 2. The maximum absolute atomic E-state index is 12.0. The largest absolute Gasteiger partial charge is 0.481 e. The molecule has 1 rings (SSSR count). The Balaban J connectivity index is 2.49. The summed E-state index contributed by atoms with van der Waals surface area (Å²) in [5.74, 6) is -0.929. The van der Waals surface area contributed by atoms with Gasteiger partial charge in [-0.3, -0.25) is 9.59 Å². The Hall–Kier alpha value is -1.14. The maximum atomic E-state index is 12.0. The predicted molar refractivity (Wildman–Crippen MR) is 64.3 cm³/mol. The summed E-state index contributed by atoms with van der Waals surface area (Å²) in [7, 11) is 1.61. The van der Waals surface area contributed by atoms with Crippen molar-refractivity contribution in [3.05, 3.63) is 0 Å². The standard InChI is InChI=1S/C12H21NO5/c1-9(17-2)3-4-11(14)13-5-6-18-8-10(13)7-12(15)16/h9-10H,3-8H2,1-2H3,(H,15,16). The van der Waals surface area contributed by atoms with Gasteiger partial charge in [0.05, 0.1) is 31.8 Å². The van der Waals surface area contributed by atoms with E-state index in [1.165, 1.54) is 0 Å². The van der Waals surface area contributed by atoms with Gasteiger partial charge in [-0.15, -0.1) is 0 Å². The minimum Gasteiger partial charge on any atom is -0.481 e. The third-order valence-electron chi connectivity index (χ3n) is 3.13. The van der Waals surface area contributed by atoms with Crippen molar-refractivity contribution in [1.29, 1.82) is 0 Å². The van der Waals surface area contributed by atoms with Gasteiger partial charge < -0.3 is 19.5 Å². The van der Waals surface area contributed by atoms with Crippen LogP contribution in [-0.4, -0.2) is 60.9 Å². The van der Waals surface area contributed by atoms with Gasteiger partial charge in [0.1, 0.15) is 0 Å². The zero-order valence-corrected chi connectivity index (χ0v) is 10.9. The van der Waals surface area contributed by atoms with Crippen molar-refractivity contribution in [1.82, 2.24) is 4.90 Å². The maximum Gasteiger partial charge on any atom is 0.305 e. The molecule has 18 heavy (non-hydrogen) atoms. The molecule has 1 aliphatic rings. The van der Waals surface area contributed by atoms with E-state index < -0.39 is 5.97 Å². The molecule has 1 amide bonds. The number of hydrogen-bond donors (Lipinski definition) is 1. The van der Waals surface area contributed by atoms with Crippen LogP contribution in [0.15, 0.2) is 0 Å². The summed E-state index contributed by atoms with van der Waals surface area (Å²) in [6.07, 6.45) is 0.997. The Morgan fingerprint density at radius 3 is 2.89 bits per heavy atom. The minimum absolute atomic E-state index is 0.0200. The summed E-state index contributed by atoms with van der Waals surface area (Å²) in [5.41, 5.74) is 0. The third-order valence-corrected chi connectivity index (χ3v) is 3.13. The lowest BCUT2D eigenvalue weighted by Gasteiger charge is -2.35. The van der Waals surface area contributed by atoms with Crippen LogP contribution in [0.4, 0.5) is 0 Å². The predicted octanol–water partition coefficient (Wildman–Crippen LogP) is 0.504. The highest BCUT2D eigenvalue weighted by Gasteiger charge is 2.28. The second-order valence-electron chi connectivity index (χ2n) is 4.50. The first-order chi connectivity index (χ1) is 8.54. The van der Waals surface area contributed by atoms with Crippen molar-refractivity contribution < 1.29 is 24.2 Å². The number of methoxy groups -OCH3 is 1. The van der Waals surface area contributed by atoms with Gasteiger partial charge in [0.25, 0.3) is 0 Å². The van der Waals surface area contributed by atoms with E-state index in [9.17, 15) is 9.59 Å². The first kappa shape index (κ1) is 14.9. The molecule has 0 aliphatic carbocycles. The molecular formula is C12H21NO5. The van der Waals surface area contributed by atoms with Gasteiger partial charge in [0.2, 0.25) is 5.91 Å². The smallest absolute Gasteiger partial charge is 0.305 e. The van der Waals surface area contributed by atoms with Gasteiger partial charge in [-0.1, -0.05) is 0 Å². The number of carboxylic acid groups (broad SMARTS) is 1. The minimum atomic E-state index is -0.909. The number of carbonyl (C=O) groups is 2. The lowest BCUT2D eigenvalue weighted by molar-refractivity contribution is -0.146. The Morgan fingerprint density at radius 2 is 2.28 bits per heavy atom. The first-order valence-electron chi connectivity index (χ1n) is 6.16. The summed E-state index contributed by atoms with van der Waals surface area (Å²) < 4.78 is 10.3. The van der Waals surface area contributed by atoms with Gasteiger partial charge in [-0.25, -0.2) is 0 Å². The van der Waals surface area contributed by atoms with E-state index >= 15 is 0 Å². The number of carbonyl (C=O) groups excluding carboxylic acids is 1. The Labute approximate surface area is 107 Å².